The smallest absolute Gasteiger partial charge is 0.317 e. The summed E-state index contributed by atoms with van der Waals surface area (Å²) in [7, 11) is 0. The number of nitrogens with one attached hydrogen (secondary N) is 1. The molecule has 0 bridgehead atoms. The van der Waals surface area contributed by atoms with Crippen LogP contribution in [-0.4, -0.2) is 54.4 Å². The van der Waals surface area contributed by atoms with Crippen LogP contribution in [0.4, 0.5) is 4.79 Å². The van der Waals surface area contributed by atoms with Gasteiger partial charge in [-0.2, -0.15) is 0 Å². The van der Waals surface area contributed by atoms with E-state index in [9.17, 15) is 14.7 Å². The first-order valence-corrected chi connectivity index (χ1v) is 7.34. The Hall–Kier alpha value is -1.30. The fourth-order valence-corrected chi connectivity index (χ4v) is 2.87. The van der Waals surface area contributed by atoms with Gasteiger partial charge in [0.2, 0.25) is 0 Å². The highest BCUT2D eigenvalue weighted by atomic mass is 16.5. The molecule has 0 aromatic carbocycles. The highest BCUT2D eigenvalue weighted by Gasteiger charge is 2.47. The fourth-order valence-electron chi connectivity index (χ4n) is 2.87. The lowest BCUT2D eigenvalue weighted by atomic mass is 9.85. The maximum Gasteiger partial charge on any atom is 0.317 e. The number of ether oxygens (including phenoxy) is 1. The predicted molar refractivity (Wildman–Crippen MR) is 73.5 cm³/mol. The van der Waals surface area contributed by atoms with E-state index >= 15 is 0 Å². The molecule has 0 saturated carbocycles. The van der Waals surface area contributed by atoms with Gasteiger partial charge in [0, 0.05) is 13.1 Å². The molecule has 2 saturated heterocycles. The number of rotatable bonds is 3. The van der Waals surface area contributed by atoms with Crippen LogP contribution in [0.25, 0.3) is 0 Å². The molecule has 2 heterocycles. The Kier molecular flexibility index (Phi) is 4.52. The van der Waals surface area contributed by atoms with Crippen molar-refractivity contribution >= 4 is 12.0 Å². The van der Waals surface area contributed by atoms with Crippen LogP contribution < -0.4 is 5.32 Å². The SMILES string of the molecule is CCC1CCN(C(=O)NC2COCC2(C)C(=O)O)CC1. The first-order chi connectivity index (χ1) is 9.47. The zero-order chi connectivity index (χ0) is 14.8. The van der Waals surface area contributed by atoms with Gasteiger partial charge in [-0.1, -0.05) is 13.3 Å². The Morgan fingerprint density at radius 1 is 1.40 bits per heavy atom. The molecular weight excluding hydrogens is 260 g/mol. The molecule has 2 unspecified atom stereocenters. The van der Waals surface area contributed by atoms with Crippen molar-refractivity contribution < 1.29 is 19.4 Å². The number of carbonyl (C=O) groups is 2. The summed E-state index contributed by atoms with van der Waals surface area (Å²) in [5, 5.41) is 12.1. The van der Waals surface area contributed by atoms with Crippen molar-refractivity contribution in [2.45, 2.75) is 39.2 Å². The third kappa shape index (κ3) is 2.90. The van der Waals surface area contributed by atoms with Crippen LogP contribution in [0.3, 0.4) is 0 Å². The lowest BCUT2D eigenvalue weighted by Crippen LogP contribution is -2.54. The molecule has 2 N–H and O–H groups in total. The van der Waals surface area contributed by atoms with E-state index in [4.69, 9.17) is 4.74 Å². The molecule has 0 radical (unpaired) electrons. The monoisotopic (exact) mass is 284 g/mol. The van der Waals surface area contributed by atoms with Crippen molar-refractivity contribution in [3.05, 3.63) is 0 Å². The van der Waals surface area contributed by atoms with Gasteiger partial charge in [0.05, 0.1) is 19.3 Å². The Bertz CT molecular complexity index is 379. The molecule has 2 rings (SSSR count). The molecule has 0 aromatic rings. The van der Waals surface area contributed by atoms with E-state index in [0.29, 0.717) is 5.92 Å². The molecule has 2 aliphatic heterocycles. The van der Waals surface area contributed by atoms with Crippen LogP contribution in [0.5, 0.6) is 0 Å². The summed E-state index contributed by atoms with van der Waals surface area (Å²) in [5.74, 6) is -0.219. The number of carboxylic acids is 1. The molecule has 2 atom stereocenters. The molecule has 2 fully saturated rings. The molecule has 6 nitrogen and oxygen atoms in total. The van der Waals surface area contributed by atoms with Gasteiger partial charge >= 0.3 is 12.0 Å². The molecule has 2 amide bonds. The topological polar surface area (TPSA) is 78.9 Å². The summed E-state index contributed by atoms with van der Waals surface area (Å²) in [4.78, 5) is 25.3. The van der Waals surface area contributed by atoms with Gasteiger partial charge in [-0.25, -0.2) is 4.79 Å². The molecule has 114 valence electrons. The summed E-state index contributed by atoms with van der Waals surface area (Å²) in [5.41, 5.74) is -1.03. The number of likely N-dealkylation sites (tertiary alicyclic amines) is 1. The number of amides is 2. The lowest BCUT2D eigenvalue weighted by Gasteiger charge is -2.34. The van der Waals surface area contributed by atoms with E-state index in [1.807, 2.05) is 0 Å². The van der Waals surface area contributed by atoms with Crippen molar-refractivity contribution in [3.63, 3.8) is 0 Å². The van der Waals surface area contributed by atoms with Gasteiger partial charge in [-0.05, 0) is 25.7 Å². The normalized spacial score (nSPS) is 31.3. The van der Waals surface area contributed by atoms with Gasteiger partial charge in [-0.3, -0.25) is 4.79 Å². The highest BCUT2D eigenvalue weighted by molar-refractivity contribution is 5.79. The van der Waals surface area contributed by atoms with Gasteiger partial charge in [0.1, 0.15) is 5.41 Å². The number of urea groups is 1. The summed E-state index contributed by atoms with van der Waals surface area (Å²) in [6.07, 6.45) is 3.21. The van der Waals surface area contributed by atoms with Crippen molar-refractivity contribution in [2.24, 2.45) is 11.3 Å². The molecular formula is C14H24N2O4. The molecule has 2 aliphatic rings. The lowest BCUT2D eigenvalue weighted by molar-refractivity contribution is -0.148. The van der Waals surface area contributed by atoms with E-state index in [1.165, 1.54) is 0 Å². The number of piperidine rings is 1. The summed E-state index contributed by atoms with van der Waals surface area (Å²) in [6.45, 7) is 5.71. The molecule has 6 heteroatoms. The third-order valence-electron chi connectivity index (χ3n) is 4.72. The Morgan fingerprint density at radius 2 is 2.05 bits per heavy atom. The second-order valence-electron chi connectivity index (χ2n) is 6.08. The summed E-state index contributed by atoms with van der Waals surface area (Å²) in [6, 6.07) is -0.626. The Morgan fingerprint density at radius 3 is 2.60 bits per heavy atom. The van der Waals surface area contributed by atoms with Gasteiger partial charge < -0.3 is 20.1 Å². The average Bonchev–Trinajstić information content (AvgIpc) is 2.81. The first-order valence-electron chi connectivity index (χ1n) is 7.34. The second kappa shape index (κ2) is 5.99. The number of carbonyl (C=O) groups excluding carboxylic acids is 1. The summed E-state index contributed by atoms with van der Waals surface area (Å²) < 4.78 is 5.24. The fraction of sp³-hybridized carbons (Fsp3) is 0.857. The zero-order valence-electron chi connectivity index (χ0n) is 12.2. The molecule has 0 spiro atoms. The second-order valence-corrected chi connectivity index (χ2v) is 6.08. The van der Waals surface area contributed by atoms with Crippen LogP contribution in [0.2, 0.25) is 0 Å². The Balaban J connectivity index is 1.90. The minimum Gasteiger partial charge on any atom is -0.481 e. The van der Waals surface area contributed by atoms with Gasteiger partial charge in [-0.15, -0.1) is 0 Å². The van der Waals surface area contributed by atoms with Gasteiger partial charge in [0.15, 0.2) is 0 Å². The van der Waals surface area contributed by atoms with Crippen LogP contribution in [0.1, 0.15) is 33.1 Å². The van der Waals surface area contributed by atoms with Crippen molar-refractivity contribution in [1.82, 2.24) is 10.2 Å². The maximum atomic E-state index is 12.2. The standard InChI is InChI=1S/C14H24N2O4/c1-3-10-4-6-16(7-5-10)13(19)15-11-8-20-9-14(11,2)12(17)18/h10-11H,3-9H2,1-2H3,(H,15,19)(H,17,18). The minimum atomic E-state index is -1.03. The number of aliphatic carboxylic acids is 1. The minimum absolute atomic E-state index is 0.144. The van der Waals surface area contributed by atoms with E-state index in [2.05, 4.69) is 12.2 Å². The zero-order valence-corrected chi connectivity index (χ0v) is 12.2. The van der Waals surface area contributed by atoms with Crippen LogP contribution >= 0.6 is 0 Å². The van der Waals surface area contributed by atoms with Crippen molar-refractivity contribution in [1.29, 1.82) is 0 Å². The van der Waals surface area contributed by atoms with E-state index in [1.54, 1.807) is 11.8 Å². The first kappa shape index (κ1) is 15.1. The van der Waals surface area contributed by atoms with Gasteiger partial charge in [0.25, 0.3) is 0 Å². The quantitative estimate of drug-likeness (QED) is 0.819. The molecule has 20 heavy (non-hydrogen) atoms. The highest BCUT2D eigenvalue weighted by Crippen LogP contribution is 2.29. The number of hydrogen-bond donors (Lipinski definition) is 2. The van der Waals surface area contributed by atoms with E-state index < -0.39 is 17.4 Å². The molecule has 0 aliphatic carbocycles. The van der Waals surface area contributed by atoms with Crippen LogP contribution in [-0.2, 0) is 9.53 Å². The summed E-state index contributed by atoms with van der Waals surface area (Å²) >= 11 is 0. The maximum absolute atomic E-state index is 12.2. The van der Waals surface area contributed by atoms with Crippen LogP contribution in [0.15, 0.2) is 0 Å². The van der Waals surface area contributed by atoms with Crippen molar-refractivity contribution in [3.8, 4) is 0 Å². The average molecular weight is 284 g/mol. The molecule has 0 aromatic heterocycles. The third-order valence-corrected chi connectivity index (χ3v) is 4.72. The number of carboxylic acid groups (broad SMARTS) is 1. The largest absolute Gasteiger partial charge is 0.481 e. The van der Waals surface area contributed by atoms with Crippen LogP contribution in [0, 0.1) is 11.3 Å². The Labute approximate surface area is 119 Å². The van der Waals surface area contributed by atoms with E-state index in [-0.39, 0.29) is 19.2 Å². The van der Waals surface area contributed by atoms with E-state index in [0.717, 1.165) is 32.4 Å². The number of nitrogens with zero attached hydrogens (tertiary/aromatic N) is 1. The van der Waals surface area contributed by atoms with Crippen molar-refractivity contribution in [2.75, 3.05) is 26.3 Å². The number of hydrogen-bond acceptors (Lipinski definition) is 3. The predicted octanol–water partition coefficient (Wildman–Crippen LogP) is 1.31.